The average Bonchev–Trinajstić information content (AvgIpc) is 3.37. The normalized spacial score (nSPS) is 22.3. The van der Waals surface area contributed by atoms with Crippen molar-refractivity contribution in [2.75, 3.05) is 23.0 Å². The number of benzene rings is 1. The summed E-state index contributed by atoms with van der Waals surface area (Å²) < 4.78 is 36.3. The number of carbonyl (C=O) groups is 1. The van der Waals surface area contributed by atoms with Crippen LogP contribution in [0.5, 0.6) is 0 Å². The van der Waals surface area contributed by atoms with Crippen molar-refractivity contribution < 1.29 is 22.5 Å². The highest BCUT2D eigenvalue weighted by atomic mass is 35.5. The van der Waals surface area contributed by atoms with E-state index < -0.39 is 21.4 Å². The molecule has 212 valence electrons. The van der Waals surface area contributed by atoms with Crippen LogP contribution >= 0.6 is 23.2 Å². The fourth-order valence-corrected chi connectivity index (χ4v) is 7.93. The zero-order valence-corrected chi connectivity index (χ0v) is 24.5. The van der Waals surface area contributed by atoms with Crippen LogP contribution in [-0.2, 0) is 21.2 Å². The first kappa shape index (κ1) is 27.7. The number of nitrogens with zero attached hydrogens (tertiary/aromatic N) is 3. The van der Waals surface area contributed by atoms with E-state index >= 15 is 0 Å². The van der Waals surface area contributed by atoms with Gasteiger partial charge in [-0.2, -0.15) is 0 Å². The molecule has 3 atom stereocenters. The largest absolute Gasteiger partial charge is 0.373 e. The number of rotatable bonds is 11. The number of carbonyl (C=O) groups excluding carboxylic acids is 1. The molecule has 2 aliphatic carbocycles. The average molecular weight is 605 g/mol. The molecule has 1 aliphatic heterocycles. The van der Waals surface area contributed by atoms with Gasteiger partial charge in [0.2, 0.25) is 0 Å². The predicted molar refractivity (Wildman–Crippen MR) is 154 cm³/mol. The van der Waals surface area contributed by atoms with Crippen LogP contribution in [0.3, 0.4) is 0 Å². The molecule has 0 unspecified atom stereocenters. The number of ether oxygens (including phenoxy) is 1. The van der Waals surface area contributed by atoms with Crippen molar-refractivity contribution in [3.8, 4) is 11.3 Å². The number of sulfone groups is 1. The number of ketones is 1. The van der Waals surface area contributed by atoms with E-state index in [-0.39, 0.29) is 17.9 Å². The minimum Gasteiger partial charge on any atom is -0.373 e. The van der Waals surface area contributed by atoms with Gasteiger partial charge in [0, 0.05) is 47.3 Å². The van der Waals surface area contributed by atoms with Gasteiger partial charge in [0.05, 0.1) is 28.5 Å². The highest BCUT2D eigenvalue weighted by Crippen LogP contribution is 2.47. The Kier molecular flexibility index (Phi) is 7.67. The fraction of sp³-hybridized carbons (Fsp3) is 0.483. The van der Waals surface area contributed by atoms with E-state index in [9.17, 15) is 13.2 Å². The highest BCUT2D eigenvalue weighted by Gasteiger charge is 2.46. The van der Waals surface area contributed by atoms with Gasteiger partial charge in [0.25, 0.3) is 0 Å². The maximum Gasteiger partial charge on any atom is 0.179 e. The van der Waals surface area contributed by atoms with Crippen LogP contribution < -0.4 is 4.90 Å². The number of fused-ring (bicyclic) bond motifs is 2. The number of anilines is 1. The second kappa shape index (κ2) is 11.1. The Morgan fingerprint density at radius 3 is 2.55 bits per heavy atom. The van der Waals surface area contributed by atoms with Crippen LogP contribution in [0.2, 0.25) is 10.0 Å². The van der Waals surface area contributed by atoms with E-state index in [1.807, 2.05) is 12.1 Å². The quantitative estimate of drug-likeness (QED) is 0.242. The smallest absolute Gasteiger partial charge is 0.179 e. The maximum atomic E-state index is 12.5. The number of piperidine rings is 1. The first-order chi connectivity index (χ1) is 19.2. The minimum atomic E-state index is -3.39. The Morgan fingerprint density at radius 1 is 1.15 bits per heavy atom. The molecule has 11 heteroatoms. The Balaban J connectivity index is 1.11. The third kappa shape index (κ3) is 5.53. The van der Waals surface area contributed by atoms with Crippen molar-refractivity contribution in [3.63, 3.8) is 0 Å². The molecule has 40 heavy (non-hydrogen) atoms. The molecular formula is C29H31Cl2N3O5S. The molecule has 6 rings (SSSR count). The lowest BCUT2D eigenvalue weighted by atomic mass is 10.0. The zero-order valence-electron chi connectivity index (χ0n) is 22.2. The first-order valence-electron chi connectivity index (χ1n) is 13.7. The van der Waals surface area contributed by atoms with Crippen molar-refractivity contribution in [2.45, 2.75) is 63.7 Å². The summed E-state index contributed by atoms with van der Waals surface area (Å²) in [6.45, 7) is 2.98. The topological polar surface area (TPSA) is 103 Å². The highest BCUT2D eigenvalue weighted by molar-refractivity contribution is 7.92. The van der Waals surface area contributed by atoms with Crippen LogP contribution in [0.1, 0.15) is 66.6 Å². The summed E-state index contributed by atoms with van der Waals surface area (Å²) in [5.74, 6) is 1.50. The molecular weight excluding hydrogens is 573 g/mol. The molecule has 3 aliphatic rings. The van der Waals surface area contributed by atoms with Gasteiger partial charge in [-0.3, -0.25) is 4.79 Å². The van der Waals surface area contributed by atoms with Gasteiger partial charge in [0.1, 0.15) is 23.0 Å². The van der Waals surface area contributed by atoms with E-state index in [0.717, 1.165) is 49.4 Å². The van der Waals surface area contributed by atoms with Crippen LogP contribution in [0.4, 0.5) is 5.82 Å². The van der Waals surface area contributed by atoms with Crippen molar-refractivity contribution in [1.29, 1.82) is 0 Å². The van der Waals surface area contributed by atoms with Crippen LogP contribution in [0.15, 0.2) is 41.1 Å². The standard InChI is InChI=1S/C29H31Cl2N3O5S/c1-2-10-40(36,37)16-24(35)18-8-9-26(32-13-18)34-14-19-11-20(34)12-25(19)38-15-21-28(33-39-29(21)17-6-7-17)27-22(30)4-3-5-23(27)31/h3-5,8-9,13,17,19-20,25H,2,6-7,10-12,14-16H2,1H3/t19-,20-,25+/m0/s1. The molecule has 3 fully saturated rings. The molecule has 3 heterocycles. The monoisotopic (exact) mass is 603 g/mol. The fourth-order valence-electron chi connectivity index (χ4n) is 6.02. The molecule has 2 saturated carbocycles. The summed E-state index contributed by atoms with van der Waals surface area (Å²) in [6, 6.07) is 9.19. The summed E-state index contributed by atoms with van der Waals surface area (Å²) in [5, 5.41) is 5.43. The van der Waals surface area contributed by atoms with Crippen LogP contribution in [0, 0.1) is 5.92 Å². The lowest BCUT2D eigenvalue weighted by Crippen LogP contribution is -2.39. The van der Waals surface area contributed by atoms with Gasteiger partial charge in [-0.05, 0) is 56.4 Å². The van der Waals surface area contributed by atoms with Crippen LogP contribution in [0.25, 0.3) is 11.3 Å². The summed E-state index contributed by atoms with van der Waals surface area (Å²) in [6.07, 6.45) is 6.11. The Labute approximate surface area is 243 Å². The SMILES string of the molecule is CCCS(=O)(=O)CC(=O)c1ccc(N2C[C@@H]3C[C@H]2C[C@H]3OCc2c(-c3c(Cl)cccc3Cl)noc2C2CC2)nc1. The van der Waals surface area contributed by atoms with Gasteiger partial charge < -0.3 is 14.2 Å². The van der Waals surface area contributed by atoms with E-state index in [2.05, 4.69) is 15.0 Å². The minimum absolute atomic E-state index is 0.0123. The van der Waals surface area contributed by atoms with Gasteiger partial charge in [-0.25, -0.2) is 13.4 Å². The lowest BCUT2D eigenvalue weighted by molar-refractivity contribution is 0.0122. The van der Waals surface area contributed by atoms with Gasteiger partial charge >= 0.3 is 0 Å². The van der Waals surface area contributed by atoms with E-state index in [0.29, 0.717) is 51.7 Å². The Hall–Kier alpha value is -2.46. The molecule has 0 N–H and O–H groups in total. The van der Waals surface area contributed by atoms with E-state index in [4.69, 9.17) is 32.5 Å². The molecule has 0 radical (unpaired) electrons. The van der Waals surface area contributed by atoms with Crippen molar-refractivity contribution in [2.24, 2.45) is 5.92 Å². The molecule has 2 aromatic heterocycles. The number of hydrogen-bond donors (Lipinski definition) is 0. The molecule has 1 aromatic carbocycles. The Morgan fingerprint density at radius 2 is 1.93 bits per heavy atom. The Bertz CT molecular complexity index is 1500. The van der Waals surface area contributed by atoms with Crippen molar-refractivity contribution in [1.82, 2.24) is 10.1 Å². The lowest BCUT2D eigenvalue weighted by Gasteiger charge is -2.32. The third-order valence-electron chi connectivity index (χ3n) is 8.12. The van der Waals surface area contributed by atoms with Crippen molar-refractivity contribution >= 4 is 44.6 Å². The number of hydrogen-bond acceptors (Lipinski definition) is 8. The van der Waals surface area contributed by atoms with Crippen molar-refractivity contribution in [3.05, 3.63) is 63.5 Å². The van der Waals surface area contributed by atoms with E-state index in [1.165, 1.54) is 6.20 Å². The second-order valence-corrected chi connectivity index (χ2v) is 14.1. The summed E-state index contributed by atoms with van der Waals surface area (Å²) in [5.41, 5.74) is 2.59. The number of Topliss-reactive ketones (excluding diaryl/α,β-unsaturated/α-hetero) is 1. The van der Waals surface area contributed by atoms with Gasteiger partial charge in [-0.15, -0.1) is 0 Å². The number of pyridine rings is 1. The predicted octanol–water partition coefficient (Wildman–Crippen LogP) is 6.11. The molecule has 8 nitrogen and oxygen atoms in total. The van der Waals surface area contributed by atoms with E-state index in [1.54, 1.807) is 25.1 Å². The number of halogens is 2. The molecule has 2 bridgehead atoms. The summed E-state index contributed by atoms with van der Waals surface area (Å²) in [4.78, 5) is 19.2. The number of aromatic nitrogens is 2. The molecule has 1 saturated heterocycles. The molecule has 0 spiro atoms. The molecule has 3 aromatic rings. The summed E-state index contributed by atoms with van der Waals surface area (Å²) >= 11 is 13.0. The first-order valence-corrected chi connectivity index (χ1v) is 16.3. The second-order valence-electron chi connectivity index (χ2n) is 11.1. The van der Waals surface area contributed by atoms with Gasteiger partial charge in [-0.1, -0.05) is 41.3 Å². The van der Waals surface area contributed by atoms with Gasteiger partial charge in [0.15, 0.2) is 15.6 Å². The maximum absolute atomic E-state index is 12.5. The zero-order chi connectivity index (χ0) is 28.0. The summed E-state index contributed by atoms with van der Waals surface area (Å²) in [7, 11) is -3.39. The van der Waals surface area contributed by atoms with Crippen LogP contribution in [-0.4, -0.2) is 54.5 Å². The molecule has 0 amide bonds. The third-order valence-corrected chi connectivity index (χ3v) is 10.5.